The first-order chi connectivity index (χ1) is 9.17. The average Bonchev–Trinajstić information content (AvgIpc) is 2.46. The van der Waals surface area contributed by atoms with E-state index in [1.807, 2.05) is 19.9 Å². The minimum Gasteiger partial charge on any atom is -0.480 e. The number of hydrogen-bond acceptors (Lipinski definition) is 6. The summed E-state index contributed by atoms with van der Waals surface area (Å²) in [5, 5.41) is 18.6. The smallest absolute Gasteiger partial charge is 0.238 e. The van der Waals surface area contributed by atoms with Crippen LogP contribution < -0.4 is 4.74 Å². The van der Waals surface area contributed by atoms with Gasteiger partial charge in [0.25, 0.3) is 0 Å². The number of aryl methyl sites for hydroxylation is 2. The van der Waals surface area contributed by atoms with Gasteiger partial charge in [0.1, 0.15) is 11.8 Å². The third-order valence-electron chi connectivity index (χ3n) is 2.80. The van der Waals surface area contributed by atoms with Crippen molar-refractivity contribution in [3.8, 4) is 5.88 Å². The molecule has 2 aromatic rings. The van der Waals surface area contributed by atoms with Crippen molar-refractivity contribution in [1.29, 1.82) is 0 Å². The number of ether oxygens (including phenoxy) is 1. The summed E-state index contributed by atoms with van der Waals surface area (Å²) in [4.78, 5) is 8.19. The van der Waals surface area contributed by atoms with E-state index in [2.05, 4.69) is 20.2 Å². The lowest BCUT2D eigenvalue weighted by Gasteiger charge is -2.15. The van der Waals surface area contributed by atoms with Gasteiger partial charge in [0.15, 0.2) is 0 Å². The highest BCUT2D eigenvalue weighted by molar-refractivity contribution is 5.33. The van der Waals surface area contributed by atoms with Crippen molar-refractivity contribution in [3.63, 3.8) is 0 Å². The zero-order chi connectivity index (χ0) is 13.8. The molecule has 0 aromatic carbocycles. The van der Waals surface area contributed by atoms with Gasteiger partial charge in [0.05, 0.1) is 18.5 Å². The van der Waals surface area contributed by atoms with Gasteiger partial charge in [-0.15, -0.1) is 0 Å². The molecule has 6 heteroatoms. The summed E-state index contributed by atoms with van der Waals surface area (Å²) in [6.07, 6.45) is 2.80. The highest BCUT2D eigenvalue weighted by Crippen LogP contribution is 2.27. The molecule has 0 radical (unpaired) electrons. The van der Waals surface area contributed by atoms with Crippen LogP contribution in [0.4, 0.5) is 0 Å². The fraction of sp³-hybridized carbons (Fsp3) is 0.385. The monoisotopic (exact) mass is 260 g/mol. The van der Waals surface area contributed by atoms with Gasteiger partial charge in [-0.2, -0.15) is 10.2 Å². The molecule has 0 aliphatic heterocycles. The van der Waals surface area contributed by atoms with E-state index in [4.69, 9.17) is 4.74 Å². The van der Waals surface area contributed by atoms with Crippen molar-refractivity contribution in [2.24, 2.45) is 0 Å². The van der Waals surface area contributed by atoms with Gasteiger partial charge >= 0.3 is 0 Å². The van der Waals surface area contributed by atoms with E-state index >= 15 is 0 Å². The van der Waals surface area contributed by atoms with Crippen LogP contribution in [0.15, 0.2) is 18.5 Å². The molecule has 19 heavy (non-hydrogen) atoms. The fourth-order valence-corrected chi connectivity index (χ4v) is 1.87. The Morgan fingerprint density at radius 1 is 1.26 bits per heavy atom. The second-order valence-corrected chi connectivity index (χ2v) is 4.09. The first kappa shape index (κ1) is 13.4. The van der Waals surface area contributed by atoms with Crippen LogP contribution in [-0.4, -0.2) is 32.4 Å². The van der Waals surface area contributed by atoms with Crippen LogP contribution in [-0.2, 0) is 6.42 Å². The van der Waals surface area contributed by atoms with E-state index < -0.39 is 6.10 Å². The summed E-state index contributed by atoms with van der Waals surface area (Å²) in [6.45, 7) is 3.79. The van der Waals surface area contributed by atoms with Crippen LogP contribution >= 0.6 is 0 Å². The Balaban J connectivity index is 2.49. The lowest BCUT2D eigenvalue weighted by atomic mass is 10.0. The Labute approximate surface area is 111 Å². The molecule has 2 heterocycles. The maximum absolute atomic E-state index is 10.5. The molecule has 1 unspecified atom stereocenters. The zero-order valence-corrected chi connectivity index (χ0v) is 11.2. The summed E-state index contributed by atoms with van der Waals surface area (Å²) in [5.41, 5.74) is 2.56. The van der Waals surface area contributed by atoms with E-state index in [-0.39, 0.29) is 0 Å². The van der Waals surface area contributed by atoms with Crippen molar-refractivity contribution >= 4 is 0 Å². The number of methoxy groups -OCH3 is 1. The normalized spacial score (nSPS) is 12.2. The van der Waals surface area contributed by atoms with Crippen molar-refractivity contribution in [3.05, 3.63) is 41.1 Å². The van der Waals surface area contributed by atoms with E-state index in [1.54, 1.807) is 0 Å². The predicted octanol–water partition coefficient (Wildman–Crippen LogP) is 1.23. The number of rotatable bonds is 4. The predicted molar refractivity (Wildman–Crippen MR) is 68.8 cm³/mol. The quantitative estimate of drug-likeness (QED) is 0.890. The molecule has 0 aliphatic rings. The molecule has 0 aliphatic carbocycles. The molecular formula is C13H16N4O2. The summed E-state index contributed by atoms with van der Waals surface area (Å²) >= 11 is 0. The van der Waals surface area contributed by atoms with Crippen LogP contribution in [0.25, 0.3) is 0 Å². The average molecular weight is 260 g/mol. The molecule has 0 spiro atoms. The maximum Gasteiger partial charge on any atom is 0.238 e. The lowest BCUT2D eigenvalue weighted by molar-refractivity contribution is 0.205. The second-order valence-electron chi connectivity index (χ2n) is 4.09. The molecule has 1 atom stereocenters. The molecule has 2 aromatic heterocycles. The Morgan fingerprint density at radius 2 is 2.00 bits per heavy atom. The highest BCUT2D eigenvalue weighted by atomic mass is 16.5. The Morgan fingerprint density at radius 3 is 2.68 bits per heavy atom. The molecule has 6 nitrogen and oxygen atoms in total. The lowest BCUT2D eigenvalue weighted by Crippen LogP contribution is -2.11. The van der Waals surface area contributed by atoms with Gasteiger partial charge in [-0.3, -0.25) is 4.98 Å². The molecule has 0 bridgehead atoms. The van der Waals surface area contributed by atoms with E-state index in [0.29, 0.717) is 23.6 Å². The second kappa shape index (κ2) is 5.71. The zero-order valence-electron chi connectivity index (χ0n) is 11.2. The minimum atomic E-state index is -0.923. The van der Waals surface area contributed by atoms with Crippen molar-refractivity contribution in [2.75, 3.05) is 7.11 Å². The van der Waals surface area contributed by atoms with E-state index in [9.17, 15) is 5.11 Å². The SMILES string of the molecule is CCc1nnc(C)cc1C(O)c1nccnc1OC. The Hall–Kier alpha value is -2.08. The van der Waals surface area contributed by atoms with Gasteiger partial charge in [0, 0.05) is 18.0 Å². The van der Waals surface area contributed by atoms with E-state index in [0.717, 1.165) is 11.4 Å². The van der Waals surface area contributed by atoms with Crippen molar-refractivity contribution in [2.45, 2.75) is 26.4 Å². The first-order valence-corrected chi connectivity index (χ1v) is 6.03. The molecule has 2 rings (SSSR count). The molecule has 0 fully saturated rings. The minimum absolute atomic E-state index is 0.312. The molecular weight excluding hydrogens is 244 g/mol. The van der Waals surface area contributed by atoms with Gasteiger partial charge in [-0.05, 0) is 19.4 Å². The Bertz CT molecular complexity index is 574. The highest BCUT2D eigenvalue weighted by Gasteiger charge is 2.21. The van der Waals surface area contributed by atoms with Crippen LogP contribution in [0.1, 0.15) is 35.7 Å². The van der Waals surface area contributed by atoms with Crippen LogP contribution in [0.3, 0.4) is 0 Å². The number of hydrogen-bond donors (Lipinski definition) is 1. The number of aliphatic hydroxyl groups excluding tert-OH is 1. The summed E-state index contributed by atoms with van der Waals surface area (Å²) < 4.78 is 5.12. The van der Waals surface area contributed by atoms with Crippen molar-refractivity contribution in [1.82, 2.24) is 20.2 Å². The molecule has 100 valence electrons. The standard InChI is InChI=1S/C13H16N4O2/c1-4-10-9(7-8(2)16-17-10)12(18)11-13(19-3)15-6-5-14-11/h5-7,12,18H,4H2,1-3H3. The summed E-state index contributed by atoms with van der Waals surface area (Å²) in [5.74, 6) is 0.312. The third kappa shape index (κ3) is 2.68. The van der Waals surface area contributed by atoms with E-state index in [1.165, 1.54) is 19.5 Å². The molecule has 0 amide bonds. The number of aliphatic hydroxyl groups is 1. The number of aromatic nitrogens is 4. The van der Waals surface area contributed by atoms with Gasteiger partial charge in [-0.25, -0.2) is 4.98 Å². The third-order valence-corrected chi connectivity index (χ3v) is 2.80. The summed E-state index contributed by atoms with van der Waals surface area (Å²) in [7, 11) is 1.50. The number of nitrogens with zero attached hydrogens (tertiary/aromatic N) is 4. The Kier molecular flexibility index (Phi) is 4.01. The summed E-state index contributed by atoms with van der Waals surface area (Å²) in [6, 6.07) is 1.81. The van der Waals surface area contributed by atoms with Crippen LogP contribution in [0.2, 0.25) is 0 Å². The van der Waals surface area contributed by atoms with Crippen LogP contribution in [0, 0.1) is 6.92 Å². The molecule has 0 saturated heterocycles. The van der Waals surface area contributed by atoms with Gasteiger partial charge < -0.3 is 9.84 Å². The van der Waals surface area contributed by atoms with Gasteiger partial charge in [0.2, 0.25) is 5.88 Å². The van der Waals surface area contributed by atoms with Crippen molar-refractivity contribution < 1.29 is 9.84 Å². The molecule has 0 saturated carbocycles. The topological polar surface area (TPSA) is 81.0 Å². The van der Waals surface area contributed by atoms with Gasteiger partial charge in [-0.1, -0.05) is 6.92 Å². The molecule has 1 N–H and O–H groups in total. The first-order valence-electron chi connectivity index (χ1n) is 6.03. The fourth-order valence-electron chi connectivity index (χ4n) is 1.87. The van der Waals surface area contributed by atoms with Crippen LogP contribution in [0.5, 0.6) is 5.88 Å². The largest absolute Gasteiger partial charge is 0.480 e. The maximum atomic E-state index is 10.5.